The molecule has 5 nitrogen and oxygen atoms in total. The van der Waals surface area contributed by atoms with Crippen LogP contribution in [0.25, 0.3) is 0 Å². The first-order valence-electron chi connectivity index (χ1n) is 6.39. The predicted octanol–water partition coefficient (Wildman–Crippen LogP) is 1.43. The van der Waals surface area contributed by atoms with E-state index in [9.17, 15) is 0 Å². The number of anilines is 2. The number of aliphatic hydroxyl groups excluding tert-OH is 1. The molecule has 2 heterocycles. The minimum absolute atomic E-state index is 0.230. The molecule has 0 saturated carbocycles. The van der Waals surface area contributed by atoms with Crippen molar-refractivity contribution in [1.29, 1.82) is 0 Å². The van der Waals surface area contributed by atoms with Crippen LogP contribution in [0.15, 0.2) is 25.0 Å². The van der Waals surface area contributed by atoms with Gasteiger partial charge >= 0.3 is 0 Å². The highest BCUT2D eigenvalue weighted by molar-refractivity contribution is 5.50. The van der Waals surface area contributed by atoms with Crippen LogP contribution in [0.5, 0.6) is 0 Å². The zero-order valence-corrected chi connectivity index (χ0v) is 10.5. The van der Waals surface area contributed by atoms with Gasteiger partial charge < -0.3 is 15.3 Å². The molecule has 0 amide bonds. The van der Waals surface area contributed by atoms with Gasteiger partial charge in [0.15, 0.2) is 0 Å². The lowest BCUT2D eigenvalue weighted by Gasteiger charge is -2.25. The zero-order chi connectivity index (χ0) is 12.8. The fraction of sp³-hybridized carbons (Fsp3) is 0.538. The summed E-state index contributed by atoms with van der Waals surface area (Å²) < 4.78 is 0. The molecule has 1 aliphatic rings. The quantitative estimate of drug-likeness (QED) is 0.746. The molecule has 1 aliphatic heterocycles. The van der Waals surface area contributed by atoms with Crippen molar-refractivity contribution in [2.45, 2.75) is 25.3 Å². The molecule has 2 rings (SSSR count). The lowest BCUT2D eigenvalue weighted by molar-refractivity contribution is 0.275. The standard InChI is InChI=1S/C13H20N4O/c1-2-6-14-12-9-13(16-10-15-12)17-7-3-4-11(17)5-8-18/h2,9-11,18H,1,3-8H2,(H,14,15,16). The minimum Gasteiger partial charge on any atom is -0.396 e. The Bertz CT molecular complexity index is 396. The SMILES string of the molecule is C=CCNc1cc(N2CCCC2CCO)ncn1. The van der Waals surface area contributed by atoms with Crippen molar-refractivity contribution in [3.8, 4) is 0 Å². The Kier molecular flexibility index (Phi) is 4.52. The lowest BCUT2D eigenvalue weighted by atomic mass is 10.1. The summed E-state index contributed by atoms with van der Waals surface area (Å²) in [5.74, 6) is 1.75. The summed E-state index contributed by atoms with van der Waals surface area (Å²) in [6.07, 6.45) is 6.46. The molecule has 1 atom stereocenters. The van der Waals surface area contributed by atoms with Crippen LogP contribution in [0.4, 0.5) is 11.6 Å². The first kappa shape index (κ1) is 12.8. The largest absolute Gasteiger partial charge is 0.396 e. The minimum atomic E-state index is 0.230. The predicted molar refractivity (Wildman–Crippen MR) is 72.8 cm³/mol. The topological polar surface area (TPSA) is 61.3 Å². The number of nitrogens with one attached hydrogen (secondary N) is 1. The number of aromatic nitrogens is 2. The Labute approximate surface area is 108 Å². The van der Waals surface area contributed by atoms with E-state index in [2.05, 4.69) is 26.8 Å². The number of rotatable bonds is 6. The Hall–Kier alpha value is -1.62. The van der Waals surface area contributed by atoms with Crippen LogP contribution in [0, 0.1) is 0 Å². The van der Waals surface area contributed by atoms with E-state index in [1.165, 1.54) is 0 Å². The highest BCUT2D eigenvalue weighted by Gasteiger charge is 2.25. The Morgan fingerprint density at radius 2 is 2.44 bits per heavy atom. The maximum Gasteiger partial charge on any atom is 0.134 e. The van der Waals surface area contributed by atoms with Gasteiger partial charge in [0.25, 0.3) is 0 Å². The third-order valence-electron chi connectivity index (χ3n) is 3.21. The molecule has 1 saturated heterocycles. The smallest absolute Gasteiger partial charge is 0.134 e. The zero-order valence-electron chi connectivity index (χ0n) is 10.5. The molecule has 0 spiro atoms. The van der Waals surface area contributed by atoms with E-state index in [0.29, 0.717) is 12.6 Å². The Morgan fingerprint density at radius 1 is 1.56 bits per heavy atom. The van der Waals surface area contributed by atoms with Gasteiger partial charge in [-0.05, 0) is 19.3 Å². The van der Waals surface area contributed by atoms with Gasteiger partial charge in [0.2, 0.25) is 0 Å². The van der Waals surface area contributed by atoms with Gasteiger partial charge in [-0.1, -0.05) is 6.08 Å². The van der Waals surface area contributed by atoms with Gasteiger partial charge in [-0.3, -0.25) is 0 Å². The van der Waals surface area contributed by atoms with Gasteiger partial charge in [-0.15, -0.1) is 6.58 Å². The highest BCUT2D eigenvalue weighted by atomic mass is 16.3. The van der Waals surface area contributed by atoms with Gasteiger partial charge in [0, 0.05) is 31.8 Å². The summed E-state index contributed by atoms with van der Waals surface area (Å²) in [5.41, 5.74) is 0. The normalized spacial score (nSPS) is 18.9. The second-order valence-electron chi connectivity index (χ2n) is 4.43. The van der Waals surface area contributed by atoms with Crippen molar-refractivity contribution in [3.63, 3.8) is 0 Å². The van der Waals surface area contributed by atoms with Crippen molar-refractivity contribution in [1.82, 2.24) is 9.97 Å². The van der Waals surface area contributed by atoms with Crippen LogP contribution < -0.4 is 10.2 Å². The molecule has 1 unspecified atom stereocenters. The second kappa shape index (κ2) is 6.35. The van der Waals surface area contributed by atoms with E-state index in [-0.39, 0.29) is 6.61 Å². The summed E-state index contributed by atoms with van der Waals surface area (Å²) in [6.45, 7) is 5.59. The molecule has 0 radical (unpaired) electrons. The molecule has 0 aliphatic carbocycles. The maximum absolute atomic E-state index is 9.08. The molecular weight excluding hydrogens is 228 g/mol. The third-order valence-corrected chi connectivity index (χ3v) is 3.21. The van der Waals surface area contributed by atoms with Crippen LogP contribution in [0.2, 0.25) is 0 Å². The number of hydrogen-bond acceptors (Lipinski definition) is 5. The number of aliphatic hydroxyl groups is 1. The van der Waals surface area contributed by atoms with Crippen LogP contribution in [-0.4, -0.2) is 40.8 Å². The van der Waals surface area contributed by atoms with E-state index in [1.807, 2.05) is 6.07 Å². The summed E-state index contributed by atoms with van der Waals surface area (Å²) in [7, 11) is 0. The molecule has 98 valence electrons. The fourth-order valence-electron chi connectivity index (χ4n) is 2.36. The first-order chi connectivity index (χ1) is 8.85. The van der Waals surface area contributed by atoms with Crippen LogP contribution in [0.3, 0.4) is 0 Å². The Balaban J connectivity index is 2.09. The number of nitrogens with zero attached hydrogens (tertiary/aromatic N) is 3. The maximum atomic E-state index is 9.08. The molecule has 1 fully saturated rings. The van der Waals surface area contributed by atoms with Crippen molar-refractivity contribution < 1.29 is 5.11 Å². The molecular formula is C13H20N4O. The molecule has 1 aromatic heterocycles. The summed E-state index contributed by atoms with van der Waals surface area (Å²) in [5, 5.41) is 12.2. The summed E-state index contributed by atoms with van der Waals surface area (Å²) >= 11 is 0. The Morgan fingerprint density at radius 3 is 3.22 bits per heavy atom. The van der Waals surface area contributed by atoms with Crippen molar-refractivity contribution >= 4 is 11.6 Å². The first-order valence-corrected chi connectivity index (χ1v) is 6.39. The molecule has 0 bridgehead atoms. The third kappa shape index (κ3) is 2.98. The lowest BCUT2D eigenvalue weighted by Crippen LogP contribution is -2.30. The van der Waals surface area contributed by atoms with Crippen LogP contribution in [0.1, 0.15) is 19.3 Å². The molecule has 18 heavy (non-hydrogen) atoms. The van der Waals surface area contributed by atoms with E-state index >= 15 is 0 Å². The summed E-state index contributed by atoms with van der Waals surface area (Å²) in [6, 6.07) is 2.36. The van der Waals surface area contributed by atoms with Gasteiger partial charge in [-0.25, -0.2) is 9.97 Å². The van der Waals surface area contributed by atoms with E-state index < -0.39 is 0 Å². The monoisotopic (exact) mass is 248 g/mol. The molecule has 2 N–H and O–H groups in total. The van der Waals surface area contributed by atoms with E-state index in [4.69, 9.17) is 5.11 Å². The van der Waals surface area contributed by atoms with Crippen molar-refractivity contribution in [2.24, 2.45) is 0 Å². The fourth-order valence-corrected chi connectivity index (χ4v) is 2.36. The molecule has 1 aromatic rings. The number of hydrogen-bond donors (Lipinski definition) is 2. The van der Waals surface area contributed by atoms with Gasteiger partial charge in [0.1, 0.15) is 18.0 Å². The van der Waals surface area contributed by atoms with Gasteiger partial charge in [-0.2, -0.15) is 0 Å². The molecule has 0 aromatic carbocycles. The van der Waals surface area contributed by atoms with Gasteiger partial charge in [0.05, 0.1) is 0 Å². The average molecular weight is 248 g/mol. The van der Waals surface area contributed by atoms with Crippen molar-refractivity contribution in [2.75, 3.05) is 29.9 Å². The van der Waals surface area contributed by atoms with Crippen LogP contribution in [-0.2, 0) is 0 Å². The van der Waals surface area contributed by atoms with Crippen molar-refractivity contribution in [3.05, 3.63) is 25.0 Å². The molecule has 5 heteroatoms. The summed E-state index contributed by atoms with van der Waals surface area (Å²) in [4.78, 5) is 10.8. The van der Waals surface area contributed by atoms with Crippen LogP contribution >= 0.6 is 0 Å². The average Bonchev–Trinajstić information content (AvgIpc) is 2.85. The van der Waals surface area contributed by atoms with E-state index in [1.54, 1.807) is 12.4 Å². The second-order valence-corrected chi connectivity index (χ2v) is 4.43. The highest BCUT2D eigenvalue weighted by Crippen LogP contribution is 2.26. The van der Waals surface area contributed by atoms with E-state index in [0.717, 1.165) is 37.4 Å².